The number of nitrogens with one attached hydrogen (secondary N) is 1. The molecule has 1 aromatic heterocycles. The highest BCUT2D eigenvalue weighted by Gasteiger charge is 2.19. The largest absolute Gasteiger partial charge is 0.352 e. The van der Waals surface area contributed by atoms with E-state index in [0.29, 0.717) is 5.69 Å². The van der Waals surface area contributed by atoms with Gasteiger partial charge in [-0.05, 0) is 49.2 Å². The summed E-state index contributed by atoms with van der Waals surface area (Å²) < 4.78 is 2.55. The highest BCUT2D eigenvalue weighted by atomic mass is 16.2. The SMILES string of the molecule is Cc1cccc(C)c1NC(=O)Cn1cccc2c(=O)n(Cc3ccccn3)c(=O)nc1-2. The van der Waals surface area contributed by atoms with Gasteiger partial charge in [-0.15, -0.1) is 0 Å². The van der Waals surface area contributed by atoms with Gasteiger partial charge in [-0.2, -0.15) is 4.98 Å². The molecule has 31 heavy (non-hydrogen) atoms. The van der Waals surface area contributed by atoms with Gasteiger partial charge in [0, 0.05) is 18.1 Å². The maximum absolute atomic E-state index is 13.0. The standard InChI is InChI=1S/C23H21N5O3/c1-15-7-5-8-16(2)20(15)25-19(29)14-27-12-6-10-18-21(27)26-23(31)28(22(18)30)13-17-9-3-4-11-24-17/h3-12H,13-14H2,1-2H3,(H,25,29). The van der Waals surface area contributed by atoms with Gasteiger partial charge in [0.15, 0.2) is 5.82 Å². The molecule has 1 aromatic carbocycles. The molecule has 2 aliphatic heterocycles. The zero-order chi connectivity index (χ0) is 22.0. The average molecular weight is 415 g/mol. The van der Waals surface area contributed by atoms with E-state index in [4.69, 9.17) is 0 Å². The van der Waals surface area contributed by atoms with Crippen LogP contribution in [0.25, 0.3) is 11.4 Å². The molecule has 0 fully saturated rings. The molecule has 156 valence electrons. The molecule has 0 radical (unpaired) electrons. The lowest BCUT2D eigenvalue weighted by atomic mass is 10.1. The number of carbonyl (C=O) groups excluding carboxylic acids is 1. The molecule has 4 rings (SSSR count). The van der Waals surface area contributed by atoms with Gasteiger partial charge in [0.1, 0.15) is 6.54 Å². The molecule has 8 nitrogen and oxygen atoms in total. The first-order valence-corrected chi connectivity index (χ1v) is 9.80. The second kappa shape index (κ2) is 8.35. The Hall–Kier alpha value is -4.07. The Balaban J connectivity index is 1.66. The lowest BCUT2D eigenvalue weighted by molar-refractivity contribution is -0.116. The number of nitrogens with zero attached hydrogens (tertiary/aromatic N) is 4. The number of amides is 1. The molecule has 0 saturated carbocycles. The third kappa shape index (κ3) is 4.13. The molecular formula is C23H21N5O3. The minimum atomic E-state index is -0.682. The fourth-order valence-electron chi connectivity index (χ4n) is 3.48. The number of aromatic nitrogens is 4. The van der Waals surface area contributed by atoms with E-state index in [-0.39, 0.29) is 30.4 Å². The van der Waals surface area contributed by atoms with Gasteiger partial charge in [0.25, 0.3) is 5.56 Å². The summed E-state index contributed by atoms with van der Waals surface area (Å²) in [7, 11) is 0. The second-order valence-corrected chi connectivity index (χ2v) is 7.30. The normalized spacial score (nSPS) is 10.9. The highest BCUT2D eigenvalue weighted by molar-refractivity contribution is 5.92. The van der Waals surface area contributed by atoms with E-state index in [1.807, 2.05) is 32.0 Å². The van der Waals surface area contributed by atoms with Crippen LogP contribution in [0.1, 0.15) is 16.8 Å². The predicted molar refractivity (Wildman–Crippen MR) is 117 cm³/mol. The molecule has 0 bridgehead atoms. The summed E-state index contributed by atoms with van der Waals surface area (Å²) in [5.74, 6) is -0.103. The van der Waals surface area contributed by atoms with Crippen LogP contribution in [0.3, 0.4) is 0 Å². The Labute approximate surface area is 178 Å². The van der Waals surface area contributed by atoms with Crippen LogP contribution in [0.5, 0.6) is 0 Å². The lowest BCUT2D eigenvalue weighted by Crippen LogP contribution is -2.38. The van der Waals surface area contributed by atoms with Crippen LogP contribution in [0, 0.1) is 13.8 Å². The topological polar surface area (TPSA) is 98.9 Å². The molecule has 1 N–H and O–H groups in total. The second-order valence-electron chi connectivity index (χ2n) is 7.30. The number of para-hydroxylation sites is 1. The third-order valence-corrected chi connectivity index (χ3v) is 5.06. The third-order valence-electron chi connectivity index (χ3n) is 5.06. The van der Waals surface area contributed by atoms with Crippen molar-refractivity contribution in [2.24, 2.45) is 0 Å². The molecule has 8 heteroatoms. The molecule has 3 heterocycles. The van der Waals surface area contributed by atoms with Crippen LogP contribution in [0.4, 0.5) is 5.69 Å². The number of fused-ring (bicyclic) bond motifs is 1. The van der Waals surface area contributed by atoms with Gasteiger partial charge >= 0.3 is 5.69 Å². The Morgan fingerprint density at radius 3 is 2.48 bits per heavy atom. The van der Waals surface area contributed by atoms with Gasteiger partial charge in [-0.25, -0.2) is 4.79 Å². The van der Waals surface area contributed by atoms with Crippen LogP contribution in [0.15, 0.2) is 70.5 Å². The molecule has 0 saturated heterocycles. The minimum absolute atomic E-state index is 0.0311. The van der Waals surface area contributed by atoms with Crippen molar-refractivity contribution >= 4 is 11.6 Å². The molecule has 2 aliphatic rings. The fraction of sp³-hybridized carbons (Fsp3) is 0.174. The van der Waals surface area contributed by atoms with E-state index in [1.54, 1.807) is 42.7 Å². The maximum atomic E-state index is 13.0. The molecule has 0 atom stereocenters. The number of hydrogen-bond acceptors (Lipinski definition) is 5. The Morgan fingerprint density at radius 1 is 1.00 bits per heavy atom. The van der Waals surface area contributed by atoms with Crippen LogP contribution in [-0.2, 0) is 17.9 Å². The van der Waals surface area contributed by atoms with E-state index >= 15 is 0 Å². The number of anilines is 1. The first-order chi connectivity index (χ1) is 14.9. The zero-order valence-corrected chi connectivity index (χ0v) is 17.2. The van der Waals surface area contributed by atoms with Crippen molar-refractivity contribution < 1.29 is 4.79 Å². The van der Waals surface area contributed by atoms with Crippen molar-refractivity contribution in [1.29, 1.82) is 0 Å². The number of carbonyl (C=O) groups is 1. The summed E-state index contributed by atoms with van der Waals surface area (Å²) in [4.78, 5) is 46.5. The van der Waals surface area contributed by atoms with Crippen LogP contribution in [0.2, 0.25) is 0 Å². The van der Waals surface area contributed by atoms with E-state index < -0.39 is 11.2 Å². The van der Waals surface area contributed by atoms with Crippen molar-refractivity contribution in [3.63, 3.8) is 0 Å². The van der Waals surface area contributed by atoms with Crippen molar-refractivity contribution in [1.82, 2.24) is 19.1 Å². The van der Waals surface area contributed by atoms with Crippen LogP contribution < -0.4 is 16.6 Å². The van der Waals surface area contributed by atoms with E-state index in [1.165, 1.54) is 4.57 Å². The van der Waals surface area contributed by atoms with Crippen molar-refractivity contribution in [3.8, 4) is 11.4 Å². The first kappa shape index (κ1) is 20.2. The van der Waals surface area contributed by atoms with Gasteiger partial charge in [-0.3, -0.25) is 19.1 Å². The van der Waals surface area contributed by atoms with Crippen LogP contribution in [-0.4, -0.2) is 25.0 Å². The molecule has 0 unspecified atom stereocenters. The van der Waals surface area contributed by atoms with Crippen molar-refractivity contribution in [2.75, 3.05) is 5.32 Å². The lowest BCUT2D eigenvalue weighted by Gasteiger charge is -2.16. The summed E-state index contributed by atoms with van der Waals surface area (Å²) in [6.45, 7) is 3.79. The molecule has 1 amide bonds. The number of aryl methyl sites for hydroxylation is 2. The molecule has 0 spiro atoms. The molecule has 2 aromatic rings. The number of rotatable bonds is 5. The highest BCUT2D eigenvalue weighted by Crippen LogP contribution is 2.20. The first-order valence-electron chi connectivity index (χ1n) is 9.80. The number of pyridine rings is 2. The molecular weight excluding hydrogens is 394 g/mol. The maximum Gasteiger partial charge on any atom is 0.352 e. The Bertz CT molecular complexity index is 1320. The summed E-state index contributed by atoms with van der Waals surface area (Å²) in [6, 6.07) is 14.3. The summed E-state index contributed by atoms with van der Waals surface area (Å²) in [6.07, 6.45) is 3.23. The van der Waals surface area contributed by atoms with Crippen molar-refractivity contribution in [3.05, 3.63) is 98.6 Å². The van der Waals surface area contributed by atoms with Gasteiger partial charge in [0.05, 0.1) is 17.8 Å². The number of benzene rings is 1. The summed E-state index contributed by atoms with van der Waals surface area (Å²) in [5.41, 5.74) is 2.35. The van der Waals surface area contributed by atoms with Gasteiger partial charge in [-0.1, -0.05) is 24.3 Å². The van der Waals surface area contributed by atoms with E-state index in [9.17, 15) is 14.4 Å². The quantitative estimate of drug-likeness (QED) is 0.539. The summed E-state index contributed by atoms with van der Waals surface area (Å²) in [5, 5.41) is 2.91. The van der Waals surface area contributed by atoms with Crippen LogP contribution >= 0.6 is 0 Å². The average Bonchev–Trinajstić information content (AvgIpc) is 2.75. The monoisotopic (exact) mass is 415 g/mol. The Morgan fingerprint density at radius 2 is 1.77 bits per heavy atom. The van der Waals surface area contributed by atoms with E-state index in [0.717, 1.165) is 21.4 Å². The van der Waals surface area contributed by atoms with Crippen molar-refractivity contribution in [2.45, 2.75) is 26.9 Å². The Kier molecular flexibility index (Phi) is 5.44. The predicted octanol–water partition coefficient (Wildman–Crippen LogP) is 2.21. The smallest absolute Gasteiger partial charge is 0.324 e. The zero-order valence-electron chi connectivity index (χ0n) is 17.2. The summed E-state index contributed by atoms with van der Waals surface area (Å²) >= 11 is 0. The van der Waals surface area contributed by atoms with Gasteiger partial charge in [0.2, 0.25) is 5.91 Å². The fourth-order valence-corrected chi connectivity index (χ4v) is 3.48. The van der Waals surface area contributed by atoms with E-state index in [2.05, 4.69) is 15.3 Å². The minimum Gasteiger partial charge on any atom is -0.324 e. The number of hydrogen-bond donors (Lipinski definition) is 1. The van der Waals surface area contributed by atoms with Gasteiger partial charge < -0.3 is 9.88 Å². The molecule has 0 aliphatic carbocycles.